The minimum atomic E-state index is -4.75. The third kappa shape index (κ3) is 2.46. The van der Waals surface area contributed by atoms with Crippen LogP contribution in [0.3, 0.4) is 0 Å². The van der Waals surface area contributed by atoms with Gasteiger partial charge in [0, 0.05) is 25.0 Å². The fourth-order valence-electron chi connectivity index (χ4n) is 1.82. The molecule has 0 aliphatic heterocycles. The standard InChI is InChI=1S/C12H11F4N3/c1-19-6-5-18-11(19)10(17)7-3-2-4-8(9(7)13)12(14,15)16/h2-6,10H,17H2,1H3. The average Bonchev–Trinajstić information content (AvgIpc) is 2.73. The Balaban J connectivity index is 2.50. The molecule has 1 unspecified atom stereocenters. The second-order valence-corrected chi connectivity index (χ2v) is 4.08. The van der Waals surface area contributed by atoms with E-state index in [1.807, 2.05) is 0 Å². The third-order valence-electron chi connectivity index (χ3n) is 2.81. The summed E-state index contributed by atoms with van der Waals surface area (Å²) in [5.74, 6) is -1.07. The van der Waals surface area contributed by atoms with E-state index in [2.05, 4.69) is 4.98 Å². The fraction of sp³-hybridized carbons (Fsp3) is 0.250. The second-order valence-electron chi connectivity index (χ2n) is 4.08. The molecule has 0 aliphatic rings. The molecule has 0 saturated heterocycles. The van der Waals surface area contributed by atoms with Gasteiger partial charge in [-0.05, 0) is 6.07 Å². The van der Waals surface area contributed by atoms with Gasteiger partial charge in [-0.1, -0.05) is 12.1 Å². The van der Waals surface area contributed by atoms with E-state index in [1.165, 1.54) is 16.8 Å². The maximum atomic E-state index is 13.9. The van der Waals surface area contributed by atoms with Gasteiger partial charge in [0.15, 0.2) is 0 Å². The number of aryl methyl sites for hydroxylation is 1. The van der Waals surface area contributed by atoms with Crippen LogP contribution in [0.15, 0.2) is 30.6 Å². The highest BCUT2D eigenvalue weighted by atomic mass is 19.4. The Morgan fingerprint density at radius 1 is 1.32 bits per heavy atom. The highest BCUT2D eigenvalue weighted by Crippen LogP contribution is 2.34. The van der Waals surface area contributed by atoms with Crippen LogP contribution >= 0.6 is 0 Å². The van der Waals surface area contributed by atoms with Crippen molar-refractivity contribution in [3.05, 3.63) is 53.4 Å². The van der Waals surface area contributed by atoms with Crippen LogP contribution in [0.1, 0.15) is 23.0 Å². The van der Waals surface area contributed by atoms with Crippen molar-refractivity contribution in [1.29, 1.82) is 0 Å². The largest absolute Gasteiger partial charge is 0.419 e. The molecule has 0 fully saturated rings. The predicted octanol–water partition coefficient (Wildman–Crippen LogP) is 2.63. The zero-order chi connectivity index (χ0) is 14.2. The number of nitrogens with two attached hydrogens (primary N) is 1. The second kappa shape index (κ2) is 4.65. The minimum absolute atomic E-state index is 0.232. The number of aromatic nitrogens is 2. The zero-order valence-electron chi connectivity index (χ0n) is 9.95. The summed E-state index contributed by atoms with van der Waals surface area (Å²) in [5.41, 5.74) is 4.23. The summed E-state index contributed by atoms with van der Waals surface area (Å²) < 4.78 is 53.3. The first-order valence-corrected chi connectivity index (χ1v) is 5.40. The van der Waals surface area contributed by atoms with Gasteiger partial charge < -0.3 is 10.3 Å². The molecule has 102 valence electrons. The lowest BCUT2D eigenvalue weighted by molar-refractivity contribution is -0.140. The topological polar surface area (TPSA) is 43.8 Å². The van der Waals surface area contributed by atoms with Crippen molar-refractivity contribution in [1.82, 2.24) is 9.55 Å². The van der Waals surface area contributed by atoms with Crippen molar-refractivity contribution in [3.63, 3.8) is 0 Å². The van der Waals surface area contributed by atoms with Gasteiger partial charge in [0.1, 0.15) is 11.6 Å². The Morgan fingerprint density at radius 3 is 2.53 bits per heavy atom. The molecule has 7 heteroatoms. The Bertz CT molecular complexity index is 589. The van der Waals surface area contributed by atoms with Crippen molar-refractivity contribution < 1.29 is 17.6 Å². The predicted molar refractivity (Wildman–Crippen MR) is 60.6 cm³/mol. The monoisotopic (exact) mass is 273 g/mol. The number of imidazole rings is 1. The van der Waals surface area contributed by atoms with Crippen LogP contribution in [0.2, 0.25) is 0 Å². The van der Waals surface area contributed by atoms with Gasteiger partial charge in [-0.2, -0.15) is 13.2 Å². The van der Waals surface area contributed by atoms with Crippen LogP contribution in [0.5, 0.6) is 0 Å². The van der Waals surface area contributed by atoms with Crippen molar-refractivity contribution in [3.8, 4) is 0 Å². The smallest absolute Gasteiger partial charge is 0.336 e. The molecule has 1 aromatic heterocycles. The van der Waals surface area contributed by atoms with E-state index >= 15 is 0 Å². The minimum Gasteiger partial charge on any atom is -0.336 e. The molecule has 0 radical (unpaired) electrons. The van der Waals surface area contributed by atoms with Gasteiger partial charge in [-0.25, -0.2) is 9.37 Å². The first-order valence-electron chi connectivity index (χ1n) is 5.40. The van der Waals surface area contributed by atoms with Gasteiger partial charge in [0.25, 0.3) is 0 Å². The molecule has 1 atom stereocenters. The summed E-state index contributed by atoms with van der Waals surface area (Å²) in [7, 11) is 1.63. The van der Waals surface area contributed by atoms with E-state index in [0.29, 0.717) is 11.9 Å². The van der Waals surface area contributed by atoms with Crippen LogP contribution in [0.4, 0.5) is 17.6 Å². The SMILES string of the molecule is Cn1ccnc1C(N)c1cccc(C(F)(F)F)c1F. The Morgan fingerprint density at radius 2 is 2.00 bits per heavy atom. The van der Waals surface area contributed by atoms with Gasteiger partial charge in [-0.3, -0.25) is 0 Å². The van der Waals surface area contributed by atoms with Crippen molar-refractivity contribution >= 4 is 0 Å². The van der Waals surface area contributed by atoms with Crippen LogP contribution in [-0.2, 0) is 13.2 Å². The van der Waals surface area contributed by atoms with Gasteiger partial charge in [0.2, 0.25) is 0 Å². The lowest BCUT2D eigenvalue weighted by atomic mass is 10.0. The number of halogens is 4. The van der Waals surface area contributed by atoms with E-state index < -0.39 is 23.6 Å². The molecular weight excluding hydrogens is 262 g/mol. The number of rotatable bonds is 2. The zero-order valence-corrected chi connectivity index (χ0v) is 9.95. The fourth-order valence-corrected chi connectivity index (χ4v) is 1.82. The summed E-state index contributed by atoms with van der Waals surface area (Å²) in [6.07, 6.45) is -1.72. The van der Waals surface area contributed by atoms with E-state index in [4.69, 9.17) is 5.73 Å². The third-order valence-corrected chi connectivity index (χ3v) is 2.81. The molecule has 0 spiro atoms. The summed E-state index contributed by atoms with van der Waals surface area (Å²) in [5, 5.41) is 0. The van der Waals surface area contributed by atoms with Gasteiger partial charge in [0.05, 0.1) is 11.6 Å². The highest BCUT2D eigenvalue weighted by Gasteiger charge is 2.35. The molecule has 2 rings (SSSR count). The number of alkyl halides is 3. The number of benzene rings is 1. The molecule has 2 aromatic rings. The molecule has 0 bridgehead atoms. The first kappa shape index (κ1) is 13.5. The average molecular weight is 273 g/mol. The summed E-state index contributed by atoms with van der Waals surface area (Å²) in [4.78, 5) is 3.92. The lowest BCUT2D eigenvalue weighted by Gasteiger charge is -2.16. The van der Waals surface area contributed by atoms with E-state index in [-0.39, 0.29) is 5.56 Å². The molecule has 0 aliphatic carbocycles. The molecule has 0 saturated carbocycles. The summed E-state index contributed by atoms with van der Waals surface area (Å²) in [6.45, 7) is 0. The Kier molecular flexibility index (Phi) is 3.32. The summed E-state index contributed by atoms with van der Waals surface area (Å²) in [6, 6.07) is 1.99. The first-order chi connectivity index (χ1) is 8.82. The van der Waals surface area contributed by atoms with E-state index in [1.54, 1.807) is 13.2 Å². The van der Waals surface area contributed by atoms with Crippen molar-refractivity contribution in [2.24, 2.45) is 12.8 Å². The van der Waals surface area contributed by atoms with Crippen LogP contribution < -0.4 is 5.73 Å². The molecule has 1 aromatic carbocycles. The van der Waals surface area contributed by atoms with Gasteiger partial charge in [-0.15, -0.1) is 0 Å². The van der Waals surface area contributed by atoms with Crippen LogP contribution in [-0.4, -0.2) is 9.55 Å². The van der Waals surface area contributed by atoms with Crippen molar-refractivity contribution in [2.45, 2.75) is 12.2 Å². The molecule has 3 nitrogen and oxygen atoms in total. The molecular formula is C12H11F4N3. The number of nitrogens with zero attached hydrogens (tertiary/aromatic N) is 2. The summed E-state index contributed by atoms with van der Waals surface area (Å²) >= 11 is 0. The van der Waals surface area contributed by atoms with E-state index in [0.717, 1.165) is 6.07 Å². The Hall–Kier alpha value is -1.89. The number of hydrogen-bond acceptors (Lipinski definition) is 2. The van der Waals surface area contributed by atoms with E-state index in [9.17, 15) is 17.6 Å². The molecule has 19 heavy (non-hydrogen) atoms. The molecule has 1 heterocycles. The van der Waals surface area contributed by atoms with Crippen molar-refractivity contribution in [2.75, 3.05) is 0 Å². The maximum Gasteiger partial charge on any atom is 0.419 e. The lowest BCUT2D eigenvalue weighted by Crippen LogP contribution is -2.20. The normalized spacial score (nSPS) is 13.6. The van der Waals surface area contributed by atoms with Gasteiger partial charge >= 0.3 is 6.18 Å². The quantitative estimate of drug-likeness (QED) is 0.855. The highest BCUT2D eigenvalue weighted by molar-refractivity contribution is 5.33. The van der Waals surface area contributed by atoms with Crippen LogP contribution in [0.25, 0.3) is 0 Å². The molecule has 2 N–H and O–H groups in total. The Labute approximate surface area is 106 Å². The number of hydrogen-bond donors (Lipinski definition) is 1. The van der Waals surface area contributed by atoms with Crippen LogP contribution in [0, 0.1) is 5.82 Å². The molecule has 0 amide bonds. The maximum absolute atomic E-state index is 13.9.